The number of hydrogen-bond acceptors (Lipinski definition) is 5. The van der Waals surface area contributed by atoms with Crippen molar-refractivity contribution in [2.45, 2.75) is 25.4 Å². The second-order valence-electron chi connectivity index (χ2n) is 4.25. The van der Waals surface area contributed by atoms with E-state index in [4.69, 9.17) is 10.5 Å². The number of carbonyl (C=O) groups excluding carboxylic acids is 1. The minimum atomic E-state index is -0.233. The molecule has 17 heavy (non-hydrogen) atoms. The predicted molar refractivity (Wildman–Crippen MR) is 68.0 cm³/mol. The van der Waals surface area contributed by atoms with Gasteiger partial charge in [-0.1, -0.05) is 0 Å². The van der Waals surface area contributed by atoms with E-state index in [2.05, 4.69) is 16.3 Å². The van der Waals surface area contributed by atoms with E-state index >= 15 is 0 Å². The summed E-state index contributed by atoms with van der Waals surface area (Å²) in [5.74, 6) is -0.191. The fourth-order valence-electron chi connectivity index (χ4n) is 2.41. The van der Waals surface area contributed by atoms with Crippen LogP contribution in [0.1, 0.15) is 23.4 Å². The molecule has 0 amide bonds. The molecular formula is C12H18N2O2S. The Bertz CT molecular complexity index is 405. The van der Waals surface area contributed by atoms with Gasteiger partial charge in [-0.25, -0.2) is 0 Å². The van der Waals surface area contributed by atoms with Gasteiger partial charge < -0.3 is 10.5 Å². The largest absolute Gasteiger partial charge is 0.468 e. The van der Waals surface area contributed by atoms with Gasteiger partial charge >= 0.3 is 5.97 Å². The first-order valence-corrected chi connectivity index (χ1v) is 6.67. The monoisotopic (exact) mass is 254 g/mol. The first-order valence-electron chi connectivity index (χ1n) is 5.79. The van der Waals surface area contributed by atoms with E-state index in [1.165, 1.54) is 17.6 Å². The molecule has 0 fully saturated rings. The number of ether oxygens (including phenoxy) is 1. The Labute approximate surface area is 105 Å². The quantitative estimate of drug-likeness (QED) is 0.823. The summed E-state index contributed by atoms with van der Waals surface area (Å²) in [5.41, 5.74) is 7.23. The highest BCUT2D eigenvalue weighted by Crippen LogP contribution is 2.34. The van der Waals surface area contributed by atoms with E-state index in [1.54, 1.807) is 11.3 Å². The molecule has 0 radical (unpaired) electrons. The molecule has 4 nitrogen and oxygen atoms in total. The fourth-order valence-corrected chi connectivity index (χ4v) is 3.50. The highest BCUT2D eigenvalue weighted by atomic mass is 32.1. The van der Waals surface area contributed by atoms with Crippen molar-refractivity contribution in [2.24, 2.45) is 5.73 Å². The van der Waals surface area contributed by atoms with Crippen LogP contribution in [0.5, 0.6) is 0 Å². The lowest BCUT2D eigenvalue weighted by molar-refractivity contribution is -0.147. The highest BCUT2D eigenvalue weighted by molar-refractivity contribution is 7.10. The Morgan fingerprint density at radius 2 is 2.53 bits per heavy atom. The molecule has 0 bridgehead atoms. The fraction of sp³-hybridized carbons (Fsp3) is 0.583. The number of carbonyl (C=O) groups is 1. The third-order valence-corrected chi connectivity index (χ3v) is 4.45. The van der Waals surface area contributed by atoms with Gasteiger partial charge in [0.2, 0.25) is 0 Å². The van der Waals surface area contributed by atoms with Gasteiger partial charge in [-0.05, 0) is 30.4 Å². The summed E-state index contributed by atoms with van der Waals surface area (Å²) in [6.07, 6.45) is 0.983. The summed E-state index contributed by atoms with van der Waals surface area (Å²) in [5, 5.41) is 2.10. The summed E-state index contributed by atoms with van der Waals surface area (Å²) in [6, 6.07) is 2.07. The van der Waals surface area contributed by atoms with E-state index in [1.807, 2.05) is 6.92 Å². The molecule has 1 aromatic rings. The Kier molecular flexibility index (Phi) is 3.81. The number of nitrogens with zero attached hydrogens (tertiary/aromatic N) is 1. The zero-order valence-electron chi connectivity index (χ0n) is 10.2. The third kappa shape index (κ3) is 2.22. The lowest BCUT2D eigenvalue weighted by Gasteiger charge is -2.37. The molecule has 2 atom stereocenters. The molecule has 2 unspecified atom stereocenters. The minimum Gasteiger partial charge on any atom is -0.468 e. The summed E-state index contributed by atoms with van der Waals surface area (Å²) < 4.78 is 4.81. The second-order valence-corrected chi connectivity index (χ2v) is 5.20. The topological polar surface area (TPSA) is 55.6 Å². The van der Waals surface area contributed by atoms with E-state index in [0.717, 1.165) is 13.0 Å². The van der Waals surface area contributed by atoms with Crippen LogP contribution in [-0.2, 0) is 16.0 Å². The van der Waals surface area contributed by atoms with Crippen molar-refractivity contribution in [1.82, 2.24) is 4.90 Å². The molecule has 0 spiro atoms. The lowest BCUT2D eigenvalue weighted by Crippen LogP contribution is -2.47. The first kappa shape index (κ1) is 12.5. The Hall–Kier alpha value is -0.910. The maximum Gasteiger partial charge on any atom is 0.322 e. The van der Waals surface area contributed by atoms with Gasteiger partial charge in [0.05, 0.1) is 13.2 Å². The number of rotatable bonds is 3. The maximum atomic E-state index is 11.6. The van der Waals surface area contributed by atoms with Gasteiger partial charge in [-0.15, -0.1) is 11.3 Å². The van der Waals surface area contributed by atoms with Crippen LogP contribution in [0.15, 0.2) is 11.4 Å². The molecule has 94 valence electrons. The number of fused-ring (bicyclic) bond motifs is 1. The zero-order valence-corrected chi connectivity index (χ0v) is 11.0. The Morgan fingerprint density at radius 3 is 3.18 bits per heavy atom. The summed E-state index contributed by atoms with van der Waals surface area (Å²) in [7, 11) is 1.43. The van der Waals surface area contributed by atoms with Crippen LogP contribution in [0.2, 0.25) is 0 Å². The van der Waals surface area contributed by atoms with Crippen molar-refractivity contribution in [3.63, 3.8) is 0 Å². The van der Waals surface area contributed by atoms with Crippen molar-refractivity contribution in [3.05, 3.63) is 21.9 Å². The highest BCUT2D eigenvalue weighted by Gasteiger charge is 2.33. The molecule has 1 aliphatic heterocycles. The number of nitrogens with two attached hydrogens (primary N) is 1. The molecule has 0 saturated carbocycles. The molecule has 2 rings (SSSR count). The molecule has 1 aliphatic rings. The van der Waals surface area contributed by atoms with E-state index in [0.29, 0.717) is 6.54 Å². The second kappa shape index (κ2) is 5.16. The smallest absolute Gasteiger partial charge is 0.322 e. The summed E-state index contributed by atoms with van der Waals surface area (Å²) >= 11 is 1.72. The summed E-state index contributed by atoms with van der Waals surface area (Å²) in [6.45, 7) is 3.28. The van der Waals surface area contributed by atoms with Gasteiger partial charge in [0.1, 0.15) is 6.04 Å². The van der Waals surface area contributed by atoms with E-state index in [9.17, 15) is 4.79 Å². The first-order chi connectivity index (χ1) is 8.19. The zero-order chi connectivity index (χ0) is 12.4. The van der Waals surface area contributed by atoms with Gasteiger partial charge in [0.15, 0.2) is 0 Å². The molecule has 0 aliphatic carbocycles. The number of methoxy groups -OCH3 is 1. The predicted octanol–water partition coefficient (Wildman–Crippen LogP) is 1.17. The molecular weight excluding hydrogens is 236 g/mol. The minimum absolute atomic E-state index is 0.146. The average molecular weight is 254 g/mol. The SMILES string of the molecule is COC(=O)C(C)N1CCc2ccsc2C1CN. The van der Waals surface area contributed by atoms with Crippen LogP contribution < -0.4 is 5.73 Å². The standard InChI is InChI=1S/C12H18N2O2S/c1-8(12(15)16-2)14-5-3-9-4-6-17-11(9)10(14)7-13/h4,6,8,10H,3,5,7,13H2,1-2H3. The van der Waals surface area contributed by atoms with E-state index < -0.39 is 0 Å². The average Bonchev–Trinajstić information content (AvgIpc) is 2.83. The third-order valence-electron chi connectivity index (χ3n) is 3.39. The van der Waals surface area contributed by atoms with Gasteiger partial charge in [-0.2, -0.15) is 0 Å². The van der Waals surface area contributed by atoms with Crippen LogP contribution in [0.4, 0.5) is 0 Å². The lowest BCUT2D eigenvalue weighted by atomic mass is 10.00. The molecule has 0 aromatic carbocycles. The Balaban J connectivity index is 2.23. The van der Waals surface area contributed by atoms with Gasteiger partial charge in [0.25, 0.3) is 0 Å². The van der Waals surface area contributed by atoms with Crippen LogP contribution >= 0.6 is 11.3 Å². The maximum absolute atomic E-state index is 11.6. The van der Waals surface area contributed by atoms with Crippen molar-refractivity contribution >= 4 is 17.3 Å². The molecule has 0 saturated heterocycles. The molecule has 2 N–H and O–H groups in total. The van der Waals surface area contributed by atoms with Crippen LogP contribution in [-0.4, -0.2) is 37.1 Å². The van der Waals surface area contributed by atoms with Crippen molar-refractivity contribution in [3.8, 4) is 0 Å². The summed E-state index contributed by atoms with van der Waals surface area (Å²) in [4.78, 5) is 15.1. The van der Waals surface area contributed by atoms with E-state index in [-0.39, 0.29) is 18.1 Å². The number of esters is 1. The molecule has 5 heteroatoms. The number of hydrogen-bond donors (Lipinski definition) is 1. The Morgan fingerprint density at radius 1 is 1.76 bits per heavy atom. The van der Waals surface area contributed by atoms with Crippen molar-refractivity contribution in [2.75, 3.05) is 20.2 Å². The molecule has 1 aromatic heterocycles. The number of thiophene rings is 1. The van der Waals surface area contributed by atoms with Crippen LogP contribution in [0, 0.1) is 0 Å². The molecule has 2 heterocycles. The van der Waals surface area contributed by atoms with Gasteiger partial charge in [-0.3, -0.25) is 9.69 Å². The van der Waals surface area contributed by atoms with Crippen molar-refractivity contribution < 1.29 is 9.53 Å². The normalized spacial score (nSPS) is 21.9. The van der Waals surface area contributed by atoms with Crippen LogP contribution in [0.25, 0.3) is 0 Å². The van der Waals surface area contributed by atoms with Gasteiger partial charge in [0, 0.05) is 18.0 Å². The van der Waals surface area contributed by atoms with Crippen molar-refractivity contribution in [1.29, 1.82) is 0 Å². The van der Waals surface area contributed by atoms with Crippen LogP contribution in [0.3, 0.4) is 0 Å².